The monoisotopic (exact) mass is 357 g/mol. The molecule has 0 radical (unpaired) electrons. The van der Waals surface area contributed by atoms with Crippen molar-refractivity contribution in [3.05, 3.63) is 34.2 Å². The molecule has 0 spiro atoms. The van der Waals surface area contributed by atoms with E-state index in [0.717, 1.165) is 31.2 Å². The summed E-state index contributed by atoms with van der Waals surface area (Å²) in [5.41, 5.74) is 1.85. The first-order valence-electron chi connectivity index (χ1n) is 9.22. The standard InChI is InChI=1S/C19H23N3O4/c1-11-9-21(10-14(11)18(24)25)17(23)12-6-7-16-15(8-12)20-19(26)22(16)13-4-2-3-5-13/h6-8,11,13-14H,2-5,9-10H2,1H3,(H,20,26)(H,24,25)/t11-,14-/m1/s1. The molecule has 26 heavy (non-hydrogen) atoms. The number of aliphatic carboxylic acids is 1. The smallest absolute Gasteiger partial charge is 0.326 e. The number of hydrogen-bond acceptors (Lipinski definition) is 3. The molecule has 1 aliphatic carbocycles. The number of aromatic amines is 1. The highest BCUT2D eigenvalue weighted by Crippen LogP contribution is 2.31. The maximum atomic E-state index is 12.8. The molecule has 2 fully saturated rings. The highest BCUT2D eigenvalue weighted by molar-refractivity contribution is 5.98. The third kappa shape index (κ3) is 2.71. The van der Waals surface area contributed by atoms with Crippen molar-refractivity contribution < 1.29 is 14.7 Å². The second-order valence-electron chi connectivity index (χ2n) is 7.60. The minimum absolute atomic E-state index is 0.0663. The van der Waals surface area contributed by atoms with E-state index in [2.05, 4.69) is 4.98 Å². The molecular formula is C19H23N3O4. The predicted molar refractivity (Wildman–Crippen MR) is 96.3 cm³/mol. The molecule has 7 heteroatoms. The largest absolute Gasteiger partial charge is 0.481 e. The van der Waals surface area contributed by atoms with Gasteiger partial charge in [0.1, 0.15) is 0 Å². The van der Waals surface area contributed by atoms with Gasteiger partial charge in [-0.05, 0) is 37.0 Å². The first-order valence-corrected chi connectivity index (χ1v) is 9.22. The number of imidazole rings is 1. The van der Waals surface area contributed by atoms with Crippen LogP contribution in [0.2, 0.25) is 0 Å². The summed E-state index contributed by atoms with van der Waals surface area (Å²) >= 11 is 0. The third-order valence-corrected chi connectivity index (χ3v) is 5.87. The van der Waals surface area contributed by atoms with E-state index in [1.807, 2.05) is 17.6 Å². The Morgan fingerprint density at radius 3 is 2.58 bits per heavy atom. The van der Waals surface area contributed by atoms with E-state index in [1.54, 1.807) is 17.0 Å². The fraction of sp³-hybridized carbons (Fsp3) is 0.526. The van der Waals surface area contributed by atoms with E-state index in [9.17, 15) is 19.5 Å². The zero-order chi connectivity index (χ0) is 18.4. The summed E-state index contributed by atoms with van der Waals surface area (Å²) in [5.74, 6) is -1.63. The van der Waals surface area contributed by atoms with Crippen LogP contribution in [0, 0.1) is 11.8 Å². The van der Waals surface area contributed by atoms with Crippen molar-refractivity contribution in [3.8, 4) is 0 Å². The second-order valence-corrected chi connectivity index (χ2v) is 7.60. The Labute approximate surface area is 150 Å². The van der Waals surface area contributed by atoms with Gasteiger partial charge in [-0.3, -0.25) is 14.2 Å². The molecule has 138 valence electrons. The van der Waals surface area contributed by atoms with Crippen LogP contribution in [0.4, 0.5) is 0 Å². The second kappa shape index (κ2) is 6.30. The molecule has 1 aliphatic heterocycles. The molecule has 0 unspecified atom stereocenters. The van der Waals surface area contributed by atoms with Crippen LogP contribution in [0.3, 0.4) is 0 Å². The van der Waals surface area contributed by atoms with Crippen molar-refractivity contribution in [2.75, 3.05) is 13.1 Å². The van der Waals surface area contributed by atoms with Crippen molar-refractivity contribution in [1.29, 1.82) is 0 Å². The molecule has 2 heterocycles. The fourth-order valence-electron chi connectivity index (χ4n) is 4.43. The fourth-order valence-corrected chi connectivity index (χ4v) is 4.43. The number of benzene rings is 1. The molecule has 7 nitrogen and oxygen atoms in total. The van der Waals surface area contributed by atoms with Crippen LogP contribution in [-0.4, -0.2) is 44.5 Å². The molecule has 1 aromatic carbocycles. The van der Waals surface area contributed by atoms with Gasteiger partial charge >= 0.3 is 11.7 Å². The van der Waals surface area contributed by atoms with Crippen molar-refractivity contribution >= 4 is 22.9 Å². The predicted octanol–water partition coefficient (Wildman–Crippen LogP) is 2.24. The number of nitrogens with one attached hydrogen (secondary N) is 1. The van der Waals surface area contributed by atoms with Gasteiger partial charge in [0.2, 0.25) is 0 Å². The maximum Gasteiger partial charge on any atom is 0.326 e. The molecule has 1 aromatic heterocycles. The summed E-state index contributed by atoms with van der Waals surface area (Å²) in [6.07, 6.45) is 4.29. The molecule has 2 N–H and O–H groups in total. The Bertz CT molecular complexity index is 922. The molecule has 1 saturated carbocycles. The molecular weight excluding hydrogens is 334 g/mol. The first-order chi connectivity index (χ1) is 12.5. The minimum Gasteiger partial charge on any atom is -0.481 e. The quantitative estimate of drug-likeness (QED) is 0.881. The number of carbonyl (C=O) groups excluding carboxylic acids is 1. The Hall–Kier alpha value is -2.57. The number of likely N-dealkylation sites (tertiary alicyclic amines) is 1. The number of rotatable bonds is 3. The third-order valence-electron chi connectivity index (χ3n) is 5.87. The number of H-pyrrole nitrogens is 1. The molecule has 2 aromatic rings. The number of hydrogen-bond donors (Lipinski definition) is 2. The van der Waals surface area contributed by atoms with E-state index in [0.29, 0.717) is 17.6 Å². The van der Waals surface area contributed by atoms with Crippen molar-refractivity contribution in [2.24, 2.45) is 11.8 Å². The number of carboxylic acids is 1. The van der Waals surface area contributed by atoms with Gasteiger partial charge < -0.3 is 15.0 Å². The Balaban J connectivity index is 1.63. The summed E-state index contributed by atoms with van der Waals surface area (Å²) in [5, 5.41) is 9.25. The molecule has 1 amide bonds. The van der Waals surface area contributed by atoms with Gasteiger partial charge in [-0.2, -0.15) is 0 Å². The lowest BCUT2D eigenvalue weighted by Crippen LogP contribution is -2.29. The van der Waals surface area contributed by atoms with Crippen LogP contribution in [0.25, 0.3) is 11.0 Å². The van der Waals surface area contributed by atoms with Crippen LogP contribution < -0.4 is 5.69 Å². The van der Waals surface area contributed by atoms with E-state index in [1.165, 1.54) is 0 Å². The highest BCUT2D eigenvalue weighted by Gasteiger charge is 2.37. The van der Waals surface area contributed by atoms with Crippen molar-refractivity contribution in [3.63, 3.8) is 0 Å². The zero-order valence-corrected chi connectivity index (χ0v) is 14.8. The van der Waals surface area contributed by atoms with Gasteiger partial charge in [0.25, 0.3) is 5.91 Å². The van der Waals surface area contributed by atoms with Gasteiger partial charge in [-0.1, -0.05) is 19.8 Å². The molecule has 0 bridgehead atoms. The zero-order valence-electron chi connectivity index (χ0n) is 14.8. The SMILES string of the molecule is C[C@@H]1CN(C(=O)c2ccc3c(c2)[nH]c(=O)n3C2CCCC2)C[C@H]1C(=O)O. The topological polar surface area (TPSA) is 95.4 Å². The van der Waals surface area contributed by atoms with Crippen LogP contribution >= 0.6 is 0 Å². The molecule has 2 atom stereocenters. The van der Waals surface area contributed by atoms with E-state index < -0.39 is 11.9 Å². The van der Waals surface area contributed by atoms with Gasteiger partial charge in [-0.15, -0.1) is 0 Å². The number of carboxylic acid groups (broad SMARTS) is 1. The van der Waals surface area contributed by atoms with Crippen LogP contribution in [0.1, 0.15) is 49.0 Å². The number of carbonyl (C=O) groups is 2. The Morgan fingerprint density at radius 2 is 1.92 bits per heavy atom. The molecule has 1 saturated heterocycles. The van der Waals surface area contributed by atoms with Gasteiger partial charge in [-0.25, -0.2) is 4.79 Å². The summed E-state index contributed by atoms with van der Waals surface area (Å²) < 4.78 is 1.81. The number of aromatic nitrogens is 2. The summed E-state index contributed by atoms with van der Waals surface area (Å²) in [6, 6.07) is 5.51. The van der Waals surface area contributed by atoms with Crippen LogP contribution in [0.15, 0.2) is 23.0 Å². The van der Waals surface area contributed by atoms with E-state index in [-0.39, 0.29) is 30.1 Å². The Kier molecular flexibility index (Phi) is 4.09. The lowest BCUT2D eigenvalue weighted by molar-refractivity contribution is -0.142. The van der Waals surface area contributed by atoms with Gasteiger partial charge in [0, 0.05) is 24.7 Å². The summed E-state index contributed by atoms with van der Waals surface area (Å²) in [4.78, 5) is 40.9. The van der Waals surface area contributed by atoms with Gasteiger partial charge in [0.05, 0.1) is 17.0 Å². The Morgan fingerprint density at radius 1 is 1.19 bits per heavy atom. The normalized spacial score (nSPS) is 23.8. The highest BCUT2D eigenvalue weighted by atomic mass is 16.4. The van der Waals surface area contributed by atoms with Crippen molar-refractivity contribution in [2.45, 2.75) is 38.6 Å². The molecule has 4 rings (SSSR count). The maximum absolute atomic E-state index is 12.8. The number of nitrogens with zero attached hydrogens (tertiary/aromatic N) is 2. The number of amides is 1. The average Bonchev–Trinajstić information content (AvgIpc) is 3.30. The van der Waals surface area contributed by atoms with E-state index >= 15 is 0 Å². The van der Waals surface area contributed by atoms with Crippen LogP contribution in [-0.2, 0) is 4.79 Å². The van der Waals surface area contributed by atoms with Crippen LogP contribution in [0.5, 0.6) is 0 Å². The molecule has 2 aliphatic rings. The lowest BCUT2D eigenvalue weighted by atomic mass is 9.99. The van der Waals surface area contributed by atoms with Crippen molar-refractivity contribution in [1.82, 2.24) is 14.5 Å². The van der Waals surface area contributed by atoms with Gasteiger partial charge in [0.15, 0.2) is 0 Å². The summed E-state index contributed by atoms with van der Waals surface area (Å²) in [7, 11) is 0. The lowest BCUT2D eigenvalue weighted by Gasteiger charge is -2.16. The first kappa shape index (κ1) is 16.9. The number of fused-ring (bicyclic) bond motifs is 1. The average molecular weight is 357 g/mol. The summed E-state index contributed by atoms with van der Waals surface area (Å²) in [6.45, 7) is 2.52. The van der Waals surface area contributed by atoms with E-state index in [4.69, 9.17) is 0 Å². The minimum atomic E-state index is -0.860.